The van der Waals surface area contributed by atoms with Gasteiger partial charge >= 0.3 is 0 Å². The highest BCUT2D eigenvalue weighted by Gasteiger charge is 2.19. The molecule has 0 saturated heterocycles. The normalized spacial score (nSPS) is 10.8. The van der Waals surface area contributed by atoms with Gasteiger partial charge in [-0.3, -0.25) is 4.79 Å². The molecule has 0 spiro atoms. The standard InChI is InChI=1S/C25H24N4O/c1-16-8-5-11-20(14-16)24-27-23(28-29(24)21-12-6-9-17(2)15-21)25(30)26-22-13-7-10-18(3)19(22)4/h5-15H,1-4H3,(H,26,30). The van der Waals surface area contributed by atoms with E-state index < -0.39 is 0 Å². The molecule has 0 aliphatic rings. The van der Waals surface area contributed by atoms with Gasteiger partial charge < -0.3 is 5.32 Å². The molecule has 150 valence electrons. The number of aryl methyl sites for hydroxylation is 3. The van der Waals surface area contributed by atoms with Gasteiger partial charge in [-0.25, -0.2) is 9.67 Å². The van der Waals surface area contributed by atoms with Gasteiger partial charge in [-0.2, -0.15) is 0 Å². The lowest BCUT2D eigenvalue weighted by Gasteiger charge is -2.08. The third-order valence-corrected chi connectivity index (χ3v) is 5.19. The third kappa shape index (κ3) is 3.87. The maximum Gasteiger partial charge on any atom is 0.295 e. The Kier molecular flexibility index (Phi) is 5.19. The number of aromatic nitrogens is 3. The summed E-state index contributed by atoms with van der Waals surface area (Å²) in [5, 5.41) is 7.53. The van der Waals surface area contributed by atoms with Gasteiger partial charge in [0, 0.05) is 11.3 Å². The number of hydrogen-bond donors (Lipinski definition) is 1. The fourth-order valence-corrected chi connectivity index (χ4v) is 3.38. The Morgan fingerprint density at radius 2 is 1.57 bits per heavy atom. The highest BCUT2D eigenvalue weighted by atomic mass is 16.2. The first-order valence-corrected chi connectivity index (χ1v) is 9.91. The monoisotopic (exact) mass is 396 g/mol. The zero-order valence-corrected chi connectivity index (χ0v) is 17.6. The molecule has 0 bridgehead atoms. The number of benzene rings is 3. The lowest BCUT2D eigenvalue weighted by atomic mass is 10.1. The van der Waals surface area contributed by atoms with Crippen molar-refractivity contribution in [2.45, 2.75) is 27.7 Å². The van der Waals surface area contributed by atoms with E-state index in [1.807, 2.05) is 94.4 Å². The first-order chi connectivity index (χ1) is 14.4. The molecule has 1 aromatic heterocycles. The number of rotatable bonds is 4. The Morgan fingerprint density at radius 3 is 2.30 bits per heavy atom. The minimum absolute atomic E-state index is 0.133. The Balaban J connectivity index is 1.79. The number of anilines is 1. The van der Waals surface area contributed by atoms with Crippen molar-refractivity contribution in [3.63, 3.8) is 0 Å². The van der Waals surface area contributed by atoms with Gasteiger partial charge in [0.2, 0.25) is 5.82 Å². The fraction of sp³-hybridized carbons (Fsp3) is 0.160. The molecule has 1 heterocycles. The van der Waals surface area contributed by atoms with E-state index in [0.717, 1.165) is 39.2 Å². The molecule has 5 heteroatoms. The summed E-state index contributed by atoms with van der Waals surface area (Å²) >= 11 is 0. The van der Waals surface area contributed by atoms with Crippen LogP contribution in [-0.4, -0.2) is 20.7 Å². The van der Waals surface area contributed by atoms with Crippen LogP contribution in [0.5, 0.6) is 0 Å². The quantitative estimate of drug-likeness (QED) is 0.501. The van der Waals surface area contributed by atoms with Crippen LogP contribution in [0.2, 0.25) is 0 Å². The highest BCUT2D eigenvalue weighted by molar-refractivity contribution is 6.02. The summed E-state index contributed by atoms with van der Waals surface area (Å²) in [6.45, 7) is 8.07. The molecule has 0 atom stereocenters. The number of nitrogens with one attached hydrogen (secondary N) is 1. The van der Waals surface area contributed by atoms with Crippen LogP contribution in [0, 0.1) is 27.7 Å². The van der Waals surface area contributed by atoms with Crippen molar-refractivity contribution in [2.75, 3.05) is 5.32 Å². The molecular weight excluding hydrogens is 372 g/mol. The second-order valence-corrected chi connectivity index (χ2v) is 7.58. The molecule has 0 unspecified atom stereocenters. The molecule has 5 nitrogen and oxygen atoms in total. The van der Waals surface area contributed by atoms with Gasteiger partial charge in [0.15, 0.2) is 5.82 Å². The SMILES string of the molecule is Cc1cccc(-c2nc(C(=O)Nc3cccc(C)c3C)nn2-c2cccc(C)c2)c1. The van der Waals surface area contributed by atoms with E-state index in [9.17, 15) is 4.79 Å². The van der Waals surface area contributed by atoms with Gasteiger partial charge in [-0.1, -0.05) is 48.0 Å². The summed E-state index contributed by atoms with van der Waals surface area (Å²) in [5.74, 6) is 0.438. The lowest BCUT2D eigenvalue weighted by Crippen LogP contribution is -2.15. The minimum Gasteiger partial charge on any atom is -0.319 e. The van der Waals surface area contributed by atoms with Crippen LogP contribution in [0.15, 0.2) is 66.7 Å². The third-order valence-electron chi connectivity index (χ3n) is 5.19. The van der Waals surface area contributed by atoms with Crippen molar-refractivity contribution < 1.29 is 4.79 Å². The maximum absolute atomic E-state index is 13.0. The Bertz CT molecular complexity index is 1180. The van der Waals surface area contributed by atoms with Crippen LogP contribution in [0.1, 0.15) is 32.9 Å². The van der Waals surface area contributed by atoms with Crippen molar-refractivity contribution in [3.05, 3.63) is 94.8 Å². The average Bonchev–Trinajstić information content (AvgIpc) is 3.17. The van der Waals surface area contributed by atoms with Gasteiger partial charge in [0.1, 0.15) is 0 Å². The van der Waals surface area contributed by atoms with Gasteiger partial charge in [0.25, 0.3) is 5.91 Å². The first kappa shape index (κ1) is 19.6. The maximum atomic E-state index is 13.0. The number of hydrogen-bond acceptors (Lipinski definition) is 3. The van der Waals surface area contributed by atoms with E-state index in [1.165, 1.54) is 0 Å². The van der Waals surface area contributed by atoms with Gasteiger partial charge in [0.05, 0.1) is 5.69 Å². The van der Waals surface area contributed by atoms with Crippen molar-refractivity contribution in [3.8, 4) is 17.1 Å². The Hall–Kier alpha value is -3.73. The molecule has 0 aliphatic carbocycles. The molecule has 1 N–H and O–H groups in total. The number of nitrogens with zero attached hydrogens (tertiary/aromatic N) is 3. The first-order valence-electron chi connectivity index (χ1n) is 9.91. The summed E-state index contributed by atoms with van der Waals surface area (Å²) in [6.07, 6.45) is 0. The predicted molar refractivity (Wildman–Crippen MR) is 120 cm³/mol. The predicted octanol–water partition coefficient (Wildman–Crippen LogP) is 5.42. The Labute approximate surface area is 176 Å². The molecule has 4 rings (SSSR count). The summed E-state index contributed by atoms with van der Waals surface area (Å²) in [7, 11) is 0. The van der Waals surface area contributed by atoms with E-state index in [-0.39, 0.29) is 11.7 Å². The summed E-state index contributed by atoms with van der Waals surface area (Å²) in [5.41, 5.74) is 6.92. The smallest absolute Gasteiger partial charge is 0.295 e. The largest absolute Gasteiger partial charge is 0.319 e. The number of amides is 1. The zero-order chi connectivity index (χ0) is 21.3. The Morgan fingerprint density at radius 1 is 0.867 bits per heavy atom. The van der Waals surface area contributed by atoms with Crippen molar-refractivity contribution in [1.29, 1.82) is 0 Å². The van der Waals surface area contributed by atoms with Crippen LogP contribution in [0.4, 0.5) is 5.69 Å². The summed E-state index contributed by atoms with van der Waals surface area (Å²) in [4.78, 5) is 17.6. The highest BCUT2D eigenvalue weighted by Crippen LogP contribution is 2.24. The number of carbonyl (C=O) groups excluding carboxylic acids is 1. The average molecular weight is 396 g/mol. The van der Waals surface area contributed by atoms with Crippen LogP contribution < -0.4 is 5.32 Å². The molecule has 3 aromatic carbocycles. The molecule has 4 aromatic rings. The van der Waals surface area contributed by atoms with Crippen molar-refractivity contribution in [2.24, 2.45) is 0 Å². The molecule has 0 fully saturated rings. The second kappa shape index (κ2) is 7.95. The number of carbonyl (C=O) groups is 1. The minimum atomic E-state index is -0.330. The zero-order valence-electron chi connectivity index (χ0n) is 17.6. The van der Waals surface area contributed by atoms with E-state index >= 15 is 0 Å². The van der Waals surface area contributed by atoms with Crippen LogP contribution in [-0.2, 0) is 0 Å². The molecule has 0 radical (unpaired) electrons. The van der Waals surface area contributed by atoms with E-state index in [1.54, 1.807) is 4.68 Å². The van der Waals surface area contributed by atoms with Crippen molar-refractivity contribution in [1.82, 2.24) is 14.8 Å². The molecule has 0 aliphatic heterocycles. The summed E-state index contributed by atoms with van der Waals surface area (Å²) in [6, 6.07) is 21.9. The lowest BCUT2D eigenvalue weighted by molar-refractivity contribution is 0.101. The second-order valence-electron chi connectivity index (χ2n) is 7.58. The molecular formula is C25H24N4O. The van der Waals surface area contributed by atoms with Gasteiger partial charge in [-0.15, -0.1) is 5.10 Å². The van der Waals surface area contributed by atoms with Crippen LogP contribution >= 0.6 is 0 Å². The van der Waals surface area contributed by atoms with E-state index in [0.29, 0.717) is 5.82 Å². The van der Waals surface area contributed by atoms with Crippen molar-refractivity contribution >= 4 is 11.6 Å². The van der Waals surface area contributed by atoms with Crippen LogP contribution in [0.3, 0.4) is 0 Å². The van der Waals surface area contributed by atoms with E-state index in [2.05, 4.69) is 15.4 Å². The molecule has 1 amide bonds. The molecule has 30 heavy (non-hydrogen) atoms. The topological polar surface area (TPSA) is 59.8 Å². The summed E-state index contributed by atoms with van der Waals surface area (Å²) < 4.78 is 1.74. The fourth-order valence-electron chi connectivity index (χ4n) is 3.38. The van der Waals surface area contributed by atoms with Gasteiger partial charge in [-0.05, 0) is 68.7 Å². The van der Waals surface area contributed by atoms with E-state index in [4.69, 9.17) is 0 Å². The van der Waals surface area contributed by atoms with Crippen LogP contribution in [0.25, 0.3) is 17.1 Å². The molecule has 0 saturated carbocycles.